The van der Waals surface area contributed by atoms with Gasteiger partial charge in [0, 0.05) is 27.4 Å². The van der Waals surface area contributed by atoms with Crippen LogP contribution >= 0.6 is 11.3 Å². The summed E-state index contributed by atoms with van der Waals surface area (Å²) in [6.07, 6.45) is 1.85. The van der Waals surface area contributed by atoms with E-state index in [0.29, 0.717) is 6.61 Å². The normalized spacial score (nSPS) is 10.1. The predicted octanol–water partition coefficient (Wildman–Crippen LogP) is 1.36. The van der Waals surface area contributed by atoms with Crippen LogP contribution in [0, 0.1) is 0 Å². The van der Waals surface area contributed by atoms with E-state index in [1.165, 1.54) is 0 Å². The second-order valence-corrected chi connectivity index (χ2v) is 3.53. The van der Waals surface area contributed by atoms with Crippen molar-refractivity contribution in [3.63, 3.8) is 0 Å². The molecule has 0 saturated heterocycles. The first-order valence-corrected chi connectivity index (χ1v) is 4.16. The maximum atomic E-state index is 4.97. The number of rotatable bonds is 3. The molecule has 0 spiro atoms. The fourth-order valence-electron chi connectivity index (χ4n) is 0.713. The van der Waals surface area contributed by atoms with Crippen molar-refractivity contribution in [2.75, 3.05) is 26.1 Å². The Hall–Kier alpha value is -0.610. The van der Waals surface area contributed by atoms with Crippen LogP contribution in [0.5, 0.6) is 0 Å². The molecule has 0 amide bonds. The molecule has 1 rings (SSSR count). The van der Waals surface area contributed by atoms with Gasteiger partial charge >= 0.3 is 0 Å². The van der Waals surface area contributed by atoms with Gasteiger partial charge in [-0.25, -0.2) is 4.98 Å². The van der Waals surface area contributed by atoms with E-state index in [-0.39, 0.29) is 0 Å². The molecule has 0 radical (unpaired) electrons. The van der Waals surface area contributed by atoms with Crippen LogP contribution in [-0.2, 0) is 11.3 Å². The first-order chi connectivity index (χ1) is 5.24. The summed E-state index contributed by atoms with van der Waals surface area (Å²) in [6.45, 7) is 0.658. The molecule has 0 fully saturated rings. The number of methoxy groups -OCH3 is 1. The van der Waals surface area contributed by atoms with Crippen molar-refractivity contribution in [2.45, 2.75) is 6.61 Å². The average molecular weight is 172 g/mol. The second-order valence-electron chi connectivity index (χ2n) is 2.44. The number of hydrogen-bond donors (Lipinski definition) is 0. The minimum atomic E-state index is 0.658. The molecule has 1 heterocycles. The molecule has 3 nitrogen and oxygen atoms in total. The van der Waals surface area contributed by atoms with Gasteiger partial charge in [-0.1, -0.05) is 11.3 Å². The maximum Gasteiger partial charge on any atom is 0.185 e. The number of anilines is 1. The predicted molar refractivity (Wildman–Crippen MR) is 47.2 cm³/mol. The quantitative estimate of drug-likeness (QED) is 0.688. The highest BCUT2D eigenvalue weighted by molar-refractivity contribution is 7.15. The van der Waals surface area contributed by atoms with Crippen LogP contribution in [0.1, 0.15) is 4.88 Å². The molecule has 0 bridgehead atoms. The number of hydrogen-bond acceptors (Lipinski definition) is 4. The Morgan fingerprint density at radius 3 is 2.82 bits per heavy atom. The molecule has 1 aromatic heterocycles. The van der Waals surface area contributed by atoms with E-state index in [1.807, 2.05) is 25.2 Å². The molecular weight excluding hydrogens is 160 g/mol. The molecule has 62 valence electrons. The molecule has 1 aromatic rings. The third-order valence-corrected chi connectivity index (χ3v) is 2.35. The van der Waals surface area contributed by atoms with Crippen LogP contribution in [0.2, 0.25) is 0 Å². The van der Waals surface area contributed by atoms with Crippen molar-refractivity contribution >= 4 is 16.5 Å². The van der Waals surface area contributed by atoms with Gasteiger partial charge in [-0.05, 0) is 0 Å². The summed E-state index contributed by atoms with van der Waals surface area (Å²) < 4.78 is 4.97. The second kappa shape index (κ2) is 3.69. The highest BCUT2D eigenvalue weighted by atomic mass is 32.1. The van der Waals surface area contributed by atoms with Gasteiger partial charge in [0.05, 0.1) is 11.5 Å². The van der Waals surface area contributed by atoms with Crippen LogP contribution in [-0.4, -0.2) is 26.2 Å². The molecule has 0 aliphatic rings. The summed E-state index contributed by atoms with van der Waals surface area (Å²) in [5.41, 5.74) is 0. The van der Waals surface area contributed by atoms with E-state index >= 15 is 0 Å². The molecule has 0 unspecified atom stereocenters. The Labute approximate surface area is 70.6 Å². The van der Waals surface area contributed by atoms with E-state index in [4.69, 9.17) is 4.74 Å². The van der Waals surface area contributed by atoms with Crippen molar-refractivity contribution < 1.29 is 4.74 Å². The molecule has 0 atom stereocenters. The van der Waals surface area contributed by atoms with Crippen LogP contribution < -0.4 is 4.90 Å². The fraction of sp³-hybridized carbons (Fsp3) is 0.571. The van der Waals surface area contributed by atoms with E-state index in [0.717, 1.165) is 10.0 Å². The van der Waals surface area contributed by atoms with E-state index in [9.17, 15) is 0 Å². The van der Waals surface area contributed by atoms with Gasteiger partial charge in [0.15, 0.2) is 5.13 Å². The number of ether oxygens (including phenoxy) is 1. The van der Waals surface area contributed by atoms with Crippen molar-refractivity contribution in [1.29, 1.82) is 0 Å². The molecule has 0 aromatic carbocycles. The summed E-state index contributed by atoms with van der Waals surface area (Å²) in [7, 11) is 5.65. The molecule has 0 saturated carbocycles. The van der Waals surface area contributed by atoms with E-state index < -0.39 is 0 Å². The summed E-state index contributed by atoms with van der Waals surface area (Å²) in [5.74, 6) is 0. The number of thiazole rings is 1. The highest BCUT2D eigenvalue weighted by Crippen LogP contribution is 2.20. The minimum absolute atomic E-state index is 0.658. The monoisotopic (exact) mass is 172 g/mol. The van der Waals surface area contributed by atoms with Gasteiger partial charge < -0.3 is 9.64 Å². The van der Waals surface area contributed by atoms with Gasteiger partial charge in [0.2, 0.25) is 0 Å². The van der Waals surface area contributed by atoms with Gasteiger partial charge in [-0.3, -0.25) is 0 Å². The molecular formula is C7H12N2OS. The Morgan fingerprint density at radius 1 is 1.64 bits per heavy atom. The molecule has 4 heteroatoms. The Morgan fingerprint density at radius 2 is 2.36 bits per heavy atom. The topological polar surface area (TPSA) is 25.4 Å². The molecule has 0 aliphatic heterocycles. The van der Waals surface area contributed by atoms with Crippen molar-refractivity contribution in [1.82, 2.24) is 4.98 Å². The van der Waals surface area contributed by atoms with Crippen molar-refractivity contribution in [2.24, 2.45) is 0 Å². The van der Waals surface area contributed by atoms with E-state index in [2.05, 4.69) is 4.98 Å². The van der Waals surface area contributed by atoms with Gasteiger partial charge in [0.25, 0.3) is 0 Å². The smallest absolute Gasteiger partial charge is 0.185 e. The lowest BCUT2D eigenvalue weighted by atomic mass is 10.6. The number of aromatic nitrogens is 1. The lowest BCUT2D eigenvalue weighted by molar-refractivity contribution is 0.187. The first kappa shape index (κ1) is 8.49. The van der Waals surface area contributed by atoms with Crippen molar-refractivity contribution in [3.8, 4) is 0 Å². The van der Waals surface area contributed by atoms with Crippen LogP contribution in [0.15, 0.2) is 6.20 Å². The summed E-state index contributed by atoms with van der Waals surface area (Å²) >= 11 is 1.66. The average Bonchev–Trinajstić information content (AvgIpc) is 2.37. The molecule has 0 aliphatic carbocycles. The minimum Gasteiger partial charge on any atom is -0.379 e. The van der Waals surface area contributed by atoms with Crippen LogP contribution in [0.3, 0.4) is 0 Å². The third-order valence-electron chi connectivity index (χ3n) is 1.21. The summed E-state index contributed by atoms with van der Waals surface area (Å²) in [6, 6.07) is 0. The Kier molecular flexibility index (Phi) is 2.84. The molecule has 0 N–H and O–H groups in total. The third kappa shape index (κ3) is 2.17. The van der Waals surface area contributed by atoms with Crippen molar-refractivity contribution in [3.05, 3.63) is 11.1 Å². The van der Waals surface area contributed by atoms with Crippen LogP contribution in [0.25, 0.3) is 0 Å². The van der Waals surface area contributed by atoms with Gasteiger partial charge in [-0.15, -0.1) is 0 Å². The standard InChI is InChI=1S/C7H12N2OS/c1-9(2)7-8-4-6(11-7)5-10-3/h4H,5H2,1-3H3. The highest BCUT2D eigenvalue weighted by Gasteiger charge is 2.01. The molecule has 11 heavy (non-hydrogen) atoms. The fourth-order valence-corrected chi connectivity index (χ4v) is 1.52. The lowest BCUT2D eigenvalue weighted by Crippen LogP contribution is -2.07. The summed E-state index contributed by atoms with van der Waals surface area (Å²) in [5, 5.41) is 1.03. The Bertz CT molecular complexity index is 222. The zero-order valence-electron chi connectivity index (χ0n) is 7.00. The van der Waals surface area contributed by atoms with Crippen LogP contribution in [0.4, 0.5) is 5.13 Å². The first-order valence-electron chi connectivity index (χ1n) is 3.35. The Balaban J connectivity index is 2.66. The number of nitrogens with zero attached hydrogens (tertiary/aromatic N) is 2. The lowest BCUT2D eigenvalue weighted by Gasteiger charge is -2.04. The van der Waals surface area contributed by atoms with Gasteiger partial charge in [-0.2, -0.15) is 0 Å². The summed E-state index contributed by atoms with van der Waals surface area (Å²) in [4.78, 5) is 7.35. The van der Waals surface area contributed by atoms with E-state index in [1.54, 1.807) is 18.4 Å². The maximum absolute atomic E-state index is 4.97. The van der Waals surface area contributed by atoms with Gasteiger partial charge in [0.1, 0.15) is 0 Å². The SMILES string of the molecule is COCc1cnc(N(C)C)s1. The zero-order chi connectivity index (χ0) is 8.27. The zero-order valence-corrected chi connectivity index (χ0v) is 7.81. The largest absolute Gasteiger partial charge is 0.379 e.